The summed E-state index contributed by atoms with van der Waals surface area (Å²) in [6.07, 6.45) is -7.32. The van der Waals surface area contributed by atoms with Crippen molar-refractivity contribution in [1.29, 1.82) is 0 Å². The van der Waals surface area contributed by atoms with E-state index in [0.29, 0.717) is 18.2 Å². The van der Waals surface area contributed by atoms with E-state index in [9.17, 15) is 57.9 Å². The molecule has 0 aliphatic heterocycles. The first kappa shape index (κ1) is 25.0. The molecule has 0 bridgehead atoms. The van der Waals surface area contributed by atoms with Crippen LogP contribution in [0.25, 0.3) is 0 Å². The van der Waals surface area contributed by atoms with Crippen LogP contribution in [0, 0.1) is 0 Å². The Labute approximate surface area is 157 Å². The molecule has 0 radical (unpaired) electrons. The summed E-state index contributed by atoms with van der Waals surface area (Å²) in [5.74, 6) is -32.6. The highest BCUT2D eigenvalue weighted by Gasteiger charge is 2.83. The second-order valence-corrected chi connectivity index (χ2v) is 5.20. The number of hydrogen-bond donors (Lipinski definition) is 2. The van der Waals surface area contributed by atoms with Crippen molar-refractivity contribution >= 4 is 11.9 Å². The summed E-state index contributed by atoms with van der Waals surface area (Å²) in [5, 5.41) is 17.6. The van der Waals surface area contributed by atoms with Crippen molar-refractivity contribution in [3.05, 3.63) is 41.2 Å². The third-order valence-corrected chi connectivity index (χ3v) is 3.26. The summed E-state index contributed by atoms with van der Waals surface area (Å²) in [4.78, 5) is 21.9. The molecule has 30 heavy (non-hydrogen) atoms. The van der Waals surface area contributed by atoms with E-state index in [-0.39, 0.29) is 0 Å². The maximum atomic E-state index is 13.6. The number of hydrogen-bond acceptors (Lipinski definition) is 3. The summed E-state index contributed by atoms with van der Waals surface area (Å²) in [6.45, 7) is 0. The molecule has 1 rings (SSSR count). The van der Waals surface area contributed by atoms with Crippen LogP contribution in [0.3, 0.4) is 0 Å². The Morgan fingerprint density at radius 1 is 0.767 bits per heavy atom. The number of alkyl halides is 9. The molecule has 0 amide bonds. The molecule has 0 saturated heterocycles. The van der Waals surface area contributed by atoms with Gasteiger partial charge in [-0.05, 0) is 12.1 Å². The molecule has 0 aromatic heterocycles. The van der Waals surface area contributed by atoms with E-state index in [1.54, 1.807) is 0 Å². The lowest BCUT2D eigenvalue weighted by Gasteiger charge is -2.32. The zero-order chi connectivity index (χ0) is 23.9. The van der Waals surface area contributed by atoms with Crippen molar-refractivity contribution < 1.29 is 72.8 Å². The third kappa shape index (κ3) is 3.97. The maximum Gasteiger partial charge on any atom is 0.460 e. The van der Waals surface area contributed by atoms with Crippen molar-refractivity contribution in [1.82, 2.24) is 0 Å². The highest BCUT2D eigenvalue weighted by atomic mass is 19.4. The topological polar surface area (TPSA) is 83.8 Å². The first-order chi connectivity index (χ1) is 13.3. The van der Waals surface area contributed by atoms with Gasteiger partial charge in [0.1, 0.15) is 11.1 Å². The number of carbonyl (C=O) groups is 2. The van der Waals surface area contributed by atoms with Gasteiger partial charge in [0, 0.05) is 0 Å². The van der Waals surface area contributed by atoms with Gasteiger partial charge in [-0.15, -0.1) is 0 Å². The van der Waals surface area contributed by atoms with E-state index in [4.69, 9.17) is 10.2 Å². The predicted molar refractivity (Wildman–Crippen MR) is 71.1 cm³/mol. The Kier molecular flexibility index (Phi) is 6.36. The molecule has 0 saturated carbocycles. The van der Waals surface area contributed by atoms with Crippen LogP contribution in [0.1, 0.15) is 20.7 Å². The molecule has 0 aliphatic carbocycles. The van der Waals surface area contributed by atoms with Crippen LogP contribution in [-0.4, -0.2) is 46.1 Å². The summed E-state index contributed by atoms with van der Waals surface area (Å²) in [7, 11) is 0. The molecule has 0 unspecified atom stereocenters. The number of para-hydroxylation sites is 1. The third-order valence-electron chi connectivity index (χ3n) is 3.26. The molecule has 0 atom stereocenters. The average molecular weight is 462 g/mol. The van der Waals surface area contributed by atoms with E-state index in [0.717, 1.165) is 0 Å². The average Bonchev–Trinajstić information content (AvgIpc) is 2.59. The van der Waals surface area contributed by atoms with Crippen LogP contribution >= 0.6 is 0 Å². The quantitative estimate of drug-likeness (QED) is 0.439. The molecule has 16 heteroatoms. The summed E-state index contributed by atoms with van der Waals surface area (Å²) in [5.41, 5.74) is -2.68. The second kappa shape index (κ2) is 7.64. The van der Waals surface area contributed by atoms with Crippen LogP contribution in [0.15, 0.2) is 30.0 Å². The zero-order valence-corrected chi connectivity index (χ0v) is 13.5. The zero-order valence-electron chi connectivity index (χ0n) is 13.5. The molecule has 0 fully saturated rings. The van der Waals surface area contributed by atoms with Crippen molar-refractivity contribution in [3.8, 4) is 5.75 Å². The standard InChI is InChI=1S/C14H5F11O5/c15-7(11(17,18)12(19,20)13(21,22)14(23,24)25)8(16)30-6-4(9(26)27)2-1-3-5(6)10(28)29/h1-3H,(H,26,27)(H,28,29). The summed E-state index contributed by atoms with van der Waals surface area (Å²) in [6, 6.07) is -1.97. The number of rotatable bonds is 7. The van der Waals surface area contributed by atoms with Gasteiger partial charge in [0.15, 0.2) is 5.75 Å². The van der Waals surface area contributed by atoms with Crippen molar-refractivity contribution in [2.75, 3.05) is 0 Å². The van der Waals surface area contributed by atoms with Gasteiger partial charge in [-0.1, -0.05) is 6.07 Å². The van der Waals surface area contributed by atoms with Crippen LogP contribution in [0.4, 0.5) is 48.3 Å². The van der Waals surface area contributed by atoms with E-state index in [1.807, 2.05) is 0 Å². The molecule has 2 N–H and O–H groups in total. The molecule has 0 heterocycles. The molecular formula is C14H5F11O5. The minimum absolute atomic E-state index is 0.458. The molecule has 0 spiro atoms. The monoisotopic (exact) mass is 462 g/mol. The first-order valence-electron chi connectivity index (χ1n) is 6.84. The molecule has 1 aromatic rings. The number of allylic oxidation sites excluding steroid dienone is 1. The van der Waals surface area contributed by atoms with Crippen molar-refractivity contribution in [3.63, 3.8) is 0 Å². The van der Waals surface area contributed by atoms with E-state index in [2.05, 4.69) is 4.74 Å². The van der Waals surface area contributed by atoms with Crippen LogP contribution in [0.2, 0.25) is 0 Å². The van der Waals surface area contributed by atoms with Crippen LogP contribution < -0.4 is 4.74 Å². The van der Waals surface area contributed by atoms with Gasteiger partial charge in [-0.25, -0.2) is 9.59 Å². The lowest BCUT2D eigenvalue weighted by molar-refractivity contribution is -0.392. The minimum Gasteiger partial charge on any atom is -0.478 e. The van der Waals surface area contributed by atoms with Gasteiger partial charge < -0.3 is 14.9 Å². The predicted octanol–water partition coefficient (Wildman–Crippen LogP) is 5.04. The van der Waals surface area contributed by atoms with Gasteiger partial charge in [-0.3, -0.25) is 0 Å². The summed E-state index contributed by atoms with van der Waals surface area (Å²) < 4.78 is 145. The van der Waals surface area contributed by atoms with E-state index in [1.165, 1.54) is 0 Å². The van der Waals surface area contributed by atoms with Gasteiger partial charge in [0.2, 0.25) is 5.83 Å². The fraction of sp³-hybridized carbons (Fsp3) is 0.286. The highest BCUT2D eigenvalue weighted by molar-refractivity contribution is 5.98. The molecular weight excluding hydrogens is 457 g/mol. The first-order valence-corrected chi connectivity index (χ1v) is 6.84. The number of halogens is 11. The Bertz CT molecular complexity index is 857. The van der Waals surface area contributed by atoms with Gasteiger partial charge in [0.05, 0.1) is 0 Å². The van der Waals surface area contributed by atoms with Crippen LogP contribution in [-0.2, 0) is 0 Å². The largest absolute Gasteiger partial charge is 0.478 e. The van der Waals surface area contributed by atoms with Crippen LogP contribution in [0.5, 0.6) is 5.75 Å². The number of benzene rings is 1. The minimum atomic E-state index is -7.58. The fourth-order valence-corrected chi connectivity index (χ4v) is 1.75. The molecule has 1 aromatic carbocycles. The molecule has 168 valence electrons. The number of ether oxygens (including phenoxy) is 1. The molecule has 5 nitrogen and oxygen atoms in total. The Morgan fingerprint density at radius 3 is 1.50 bits per heavy atom. The Hall–Kier alpha value is -3.07. The Morgan fingerprint density at radius 2 is 1.17 bits per heavy atom. The fourth-order valence-electron chi connectivity index (χ4n) is 1.75. The highest BCUT2D eigenvalue weighted by Crippen LogP contribution is 2.55. The van der Waals surface area contributed by atoms with Gasteiger partial charge in [0.25, 0.3) is 0 Å². The normalized spacial score (nSPS) is 14.2. The van der Waals surface area contributed by atoms with Crippen molar-refractivity contribution in [2.45, 2.75) is 23.9 Å². The second-order valence-electron chi connectivity index (χ2n) is 5.20. The van der Waals surface area contributed by atoms with Gasteiger partial charge >= 0.3 is 41.9 Å². The maximum absolute atomic E-state index is 13.6. The number of aromatic carboxylic acids is 2. The lowest BCUT2D eigenvalue weighted by Crippen LogP contribution is -2.61. The SMILES string of the molecule is O=C(O)c1cccc(C(=O)O)c1OC(F)=C(F)C(F)(F)C(F)(F)C(F)(F)C(F)(F)F. The number of carboxylic acid groups (broad SMARTS) is 2. The van der Waals surface area contributed by atoms with E-state index < -0.39 is 64.6 Å². The van der Waals surface area contributed by atoms with Gasteiger partial charge in [-0.2, -0.15) is 48.3 Å². The lowest BCUT2D eigenvalue weighted by atomic mass is 10.0. The smallest absolute Gasteiger partial charge is 0.460 e. The van der Waals surface area contributed by atoms with Crippen molar-refractivity contribution in [2.24, 2.45) is 0 Å². The van der Waals surface area contributed by atoms with E-state index >= 15 is 0 Å². The molecule has 0 aliphatic rings. The summed E-state index contributed by atoms with van der Waals surface area (Å²) >= 11 is 0. The Balaban J connectivity index is 3.60. The number of carboxylic acids is 2.